The number of nitrogens with zero attached hydrogens (tertiary/aromatic N) is 3. The largest absolute Gasteiger partial charge is 0.383 e. The van der Waals surface area contributed by atoms with Gasteiger partial charge in [-0.05, 0) is 6.08 Å². The molecule has 7 nitrogen and oxygen atoms in total. The van der Waals surface area contributed by atoms with Gasteiger partial charge in [-0.1, -0.05) is 13.8 Å². The Balaban J connectivity index is 3.41. The van der Waals surface area contributed by atoms with Gasteiger partial charge in [-0.25, -0.2) is 0 Å². The molecule has 0 saturated carbocycles. The zero-order valence-corrected chi connectivity index (χ0v) is 9.89. The second-order valence-corrected chi connectivity index (χ2v) is 3.85. The van der Waals surface area contributed by atoms with E-state index < -0.39 is 11.5 Å². The Labute approximate surface area is 103 Å². The standard InChI is InChI=1S/C11H11N5O2/c1-6(2)10(17)16-11(18)8(9(14)15-16)3-7(4-12)5-13/h3,6,15H,14H2,1-2H3. The minimum absolute atomic E-state index is 0.0583. The SMILES string of the molecule is CC(C)C(=O)n1[nH]c(N)c(C=C(C#N)C#N)c1=O. The number of allylic oxidation sites excluding steroid dienone is 1. The molecule has 0 bridgehead atoms. The normalized spacial score (nSPS) is 9.61. The number of carbonyl (C=O) groups excluding carboxylic acids is 1. The summed E-state index contributed by atoms with van der Waals surface area (Å²) >= 11 is 0. The molecule has 1 heterocycles. The second-order valence-electron chi connectivity index (χ2n) is 3.85. The first-order valence-corrected chi connectivity index (χ1v) is 5.09. The number of nitrogen functional groups attached to an aromatic ring is 1. The maximum absolute atomic E-state index is 11.9. The van der Waals surface area contributed by atoms with Crippen molar-refractivity contribution in [3.63, 3.8) is 0 Å². The number of nitrogens with one attached hydrogen (secondary N) is 1. The van der Waals surface area contributed by atoms with Crippen LogP contribution in [0.5, 0.6) is 0 Å². The van der Waals surface area contributed by atoms with Crippen molar-refractivity contribution in [3.8, 4) is 12.1 Å². The van der Waals surface area contributed by atoms with Crippen LogP contribution in [-0.4, -0.2) is 15.7 Å². The van der Waals surface area contributed by atoms with Crippen LogP contribution in [0.2, 0.25) is 0 Å². The number of nitrogens with two attached hydrogens (primary N) is 1. The molecule has 0 radical (unpaired) electrons. The Morgan fingerprint density at radius 2 is 2.00 bits per heavy atom. The van der Waals surface area contributed by atoms with E-state index in [0.29, 0.717) is 0 Å². The molecular formula is C11H11N5O2. The predicted molar refractivity (Wildman–Crippen MR) is 64.1 cm³/mol. The van der Waals surface area contributed by atoms with Crippen molar-refractivity contribution >= 4 is 17.8 Å². The van der Waals surface area contributed by atoms with E-state index in [1.54, 1.807) is 26.0 Å². The molecule has 0 aliphatic rings. The average Bonchev–Trinajstić information content (AvgIpc) is 2.61. The number of H-pyrrole nitrogens is 1. The van der Waals surface area contributed by atoms with E-state index in [-0.39, 0.29) is 22.9 Å². The molecule has 1 aromatic heterocycles. The third-order valence-electron chi connectivity index (χ3n) is 2.20. The fourth-order valence-corrected chi connectivity index (χ4v) is 1.25. The molecule has 1 rings (SSSR count). The molecule has 18 heavy (non-hydrogen) atoms. The predicted octanol–water partition coefficient (Wildman–Crippen LogP) is 0.485. The molecule has 7 heteroatoms. The van der Waals surface area contributed by atoms with Crippen LogP contribution < -0.4 is 11.3 Å². The summed E-state index contributed by atoms with van der Waals surface area (Å²) in [4.78, 5) is 23.6. The van der Waals surface area contributed by atoms with Crippen molar-refractivity contribution in [1.29, 1.82) is 10.5 Å². The van der Waals surface area contributed by atoms with Crippen molar-refractivity contribution in [2.24, 2.45) is 5.92 Å². The molecule has 0 aliphatic heterocycles. The van der Waals surface area contributed by atoms with Crippen LogP contribution >= 0.6 is 0 Å². The number of carbonyl (C=O) groups is 1. The maximum Gasteiger partial charge on any atom is 0.283 e. The second kappa shape index (κ2) is 5.02. The molecule has 0 unspecified atom stereocenters. The van der Waals surface area contributed by atoms with Crippen molar-refractivity contribution in [3.05, 3.63) is 21.5 Å². The van der Waals surface area contributed by atoms with Gasteiger partial charge in [0.2, 0.25) is 0 Å². The van der Waals surface area contributed by atoms with Crippen LogP contribution in [-0.2, 0) is 0 Å². The van der Waals surface area contributed by atoms with Gasteiger partial charge in [-0.15, -0.1) is 0 Å². The van der Waals surface area contributed by atoms with E-state index in [4.69, 9.17) is 16.3 Å². The van der Waals surface area contributed by atoms with Crippen LogP contribution in [0.25, 0.3) is 6.08 Å². The number of rotatable bonds is 2. The molecule has 3 N–H and O–H groups in total. The molecule has 0 atom stereocenters. The minimum Gasteiger partial charge on any atom is -0.383 e. The summed E-state index contributed by atoms with van der Waals surface area (Å²) in [6, 6.07) is 3.23. The lowest BCUT2D eigenvalue weighted by atomic mass is 10.2. The monoisotopic (exact) mass is 245 g/mol. The van der Waals surface area contributed by atoms with E-state index in [1.165, 1.54) is 0 Å². The summed E-state index contributed by atoms with van der Waals surface area (Å²) in [6.45, 7) is 3.27. The number of hydrogen-bond acceptors (Lipinski definition) is 5. The minimum atomic E-state index is -0.672. The van der Waals surface area contributed by atoms with Gasteiger partial charge < -0.3 is 5.73 Å². The van der Waals surface area contributed by atoms with Gasteiger partial charge in [0.25, 0.3) is 11.5 Å². The van der Waals surface area contributed by atoms with E-state index >= 15 is 0 Å². The fraction of sp³-hybridized carbons (Fsp3) is 0.273. The third-order valence-corrected chi connectivity index (χ3v) is 2.20. The van der Waals surface area contributed by atoms with Crippen molar-refractivity contribution in [2.45, 2.75) is 13.8 Å². The molecule has 0 spiro atoms. The van der Waals surface area contributed by atoms with Crippen LogP contribution in [0.3, 0.4) is 0 Å². The summed E-state index contributed by atoms with van der Waals surface area (Å²) in [7, 11) is 0. The highest BCUT2D eigenvalue weighted by molar-refractivity contribution is 5.81. The quantitative estimate of drug-likeness (QED) is 0.732. The topological polar surface area (TPSA) is 128 Å². The van der Waals surface area contributed by atoms with Gasteiger partial charge in [0.1, 0.15) is 23.5 Å². The van der Waals surface area contributed by atoms with Gasteiger partial charge in [0, 0.05) is 5.92 Å². The molecule has 92 valence electrons. The van der Waals surface area contributed by atoms with E-state index in [1.807, 2.05) is 0 Å². The number of hydrogen-bond donors (Lipinski definition) is 2. The Morgan fingerprint density at radius 3 is 2.44 bits per heavy atom. The Morgan fingerprint density at radius 1 is 1.44 bits per heavy atom. The van der Waals surface area contributed by atoms with Gasteiger partial charge >= 0.3 is 0 Å². The first-order valence-electron chi connectivity index (χ1n) is 5.09. The van der Waals surface area contributed by atoms with E-state index in [9.17, 15) is 9.59 Å². The third kappa shape index (κ3) is 2.30. The number of aromatic amines is 1. The highest BCUT2D eigenvalue weighted by atomic mass is 16.2. The van der Waals surface area contributed by atoms with Crippen molar-refractivity contribution in [1.82, 2.24) is 9.78 Å². The van der Waals surface area contributed by atoms with E-state index in [2.05, 4.69) is 5.10 Å². The summed E-state index contributed by atoms with van der Waals surface area (Å²) in [6.07, 6.45) is 1.05. The lowest BCUT2D eigenvalue weighted by Gasteiger charge is -2.02. The lowest BCUT2D eigenvalue weighted by Crippen LogP contribution is -2.28. The van der Waals surface area contributed by atoms with Crippen molar-refractivity contribution < 1.29 is 4.79 Å². The number of anilines is 1. The summed E-state index contributed by atoms with van der Waals surface area (Å²) < 4.78 is 0.776. The maximum atomic E-state index is 11.9. The zero-order valence-electron chi connectivity index (χ0n) is 9.89. The van der Waals surface area contributed by atoms with Crippen LogP contribution in [0.1, 0.15) is 24.2 Å². The summed E-state index contributed by atoms with van der Waals surface area (Å²) in [5.74, 6) is -0.886. The number of aromatic nitrogens is 2. The molecular weight excluding hydrogens is 234 g/mol. The average molecular weight is 245 g/mol. The zero-order chi connectivity index (χ0) is 13.9. The van der Waals surface area contributed by atoms with Crippen LogP contribution in [0.4, 0.5) is 5.82 Å². The van der Waals surface area contributed by atoms with Crippen LogP contribution in [0.15, 0.2) is 10.4 Å². The van der Waals surface area contributed by atoms with Gasteiger partial charge in [0.15, 0.2) is 0 Å². The highest BCUT2D eigenvalue weighted by Crippen LogP contribution is 2.09. The summed E-state index contributed by atoms with van der Waals surface area (Å²) in [5, 5.41) is 19.6. The molecule has 0 amide bonds. The van der Waals surface area contributed by atoms with E-state index in [0.717, 1.165) is 10.8 Å². The molecule has 1 aromatic rings. The first-order chi connectivity index (χ1) is 8.42. The molecule has 0 fully saturated rings. The molecule has 0 saturated heterocycles. The van der Waals surface area contributed by atoms with Gasteiger partial charge in [-0.2, -0.15) is 15.2 Å². The van der Waals surface area contributed by atoms with Gasteiger partial charge in [-0.3, -0.25) is 14.7 Å². The molecule has 0 aliphatic carbocycles. The molecule has 0 aromatic carbocycles. The number of nitriles is 2. The first kappa shape index (κ1) is 13.3. The Bertz CT molecular complexity index is 632. The fourth-order valence-electron chi connectivity index (χ4n) is 1.25. The smallest absolute Gasteiger partial charge is 0.283 e. The summed E-state index contributed by atoms with van der Waals surface area (Å²) in [5.41, 5.74) is 4.54. The Kier molecular flexibility index (Phi) is 3.70. The van der Waals surface area contributed by atoms with Crippen molar-refractivity contribution in [2.75, 3.05) is 5.73 Å². The highest BCUT2D eigenvalue weighted by Gasteiger charge is 2.18. The van der Waals surface area contributed by atoms with Crippen LogP contribution in [0, 0.1) is 28.6 Å². The van der Waals surface area contributed by atoms with Gasteiger partial charge in [0.05, 0.1) is 5.56 Å². The Hall–Kier alpha value is -2.80. The lowest BCUT2D eigenvalue weighted by molar-refractivity contribution is 0.0834.